The second-order valence-electron chi connectivity index (χ2n) is 5.97. The fraction of sp³-hybridized carbons (Fsp3) is 0.316. The van der Waals surface area contributed by atoms with E-state index in [1.165, 1.54) is 23.1 Å². The molecule has 1 aromatic carbocycles. The monoisotopic (exact) mass is 388 g/mol. The first-order chi connectivity index (χ1) is 12.5. The van der Waals surface area contributed by atoms with Gasteiger partial charge in [-0.1, -0.05) is 42.1 Å². The Morgan fingerprint density at radius 1 is 1.31 bits per heavy atom. The number of nitrogens with zero attached hydrogens (tertiary/aromatic N) is 2. The Morgan fingerprint density at radius 3 is 2.69 bits per heavy atom. The zero-order valence-electron chi connectivity index (χ0n) is 14.9. The summed E-state index contributed by atoms with van der Waals surface area (Å²) in [6.45, 7) is 6.02. The normalized spacial score (nSPS) is 11.2. The highest BCUT2D eigenvalue weighted by Gasteiger charge is 2.17. The minimum absolute atomic E-state index is 0.0719. The summed E-state index contributed by atoms with van der Waals surface area (Å²) in [5.41, 5.74) is 1.83. The number of aromatic nitrogens is 2. The molecule has 0 saturated heterocycles. The Hall–Kier alpha value is -2.12. The molecule has 0 radical (unpaired) electrons. The average molecular weight is 389 g/mol. The molecule has 3 aromatic rings. The van der Waals surface area contributed by atoms with Crippen LogP contribution in [0.4, 0.5) is 0 Å². The molecule has 0 spiro atoms. The standard InChI is InChI=1S/C19H20N2O3S2/c1-4-21-18(23)16-14(13-8-6-5-7-9-13)10-25-17(16)20-19(21)26-11-15(22)24-12(2)3/h5-10,12H,4,11H2,1-3H3. The van der Waals surface area contributed by atoms with Crippen LogP contribution in [-0.2, 0) is 16.1 Å². The molecule has 136 valence electrons. The van der Waals surface area contributed by atoms with Crippen LogP contribution in [0.5, 0.6) is 0 Å². The van der Waals surface area contributed by atoms with Crippen LogP contribution in [0.1, 0.15) is 20.8 Å². The number of rotatable bonds is 6. The number of fused-ring (bicyclic) bond motifs is 1. The number of esters is 1. The van der Waals surface area contributed by atoms with Crippen LogP contribution in [0.2, 0.25) is 0 Å². The van der Waals surface area contributed by atoms with Crippen LogP contribution in [-0.4, -0.2) is 27.4 Å². The summed E-state index contributed by atoms with van der Waals surface area (Å²) in [5.74, 6) is -0.175. The molecule has 0 aliphatic carbocycles. The number of carbonyl (C=O) groups excluding carboxylic acids is 1. The maximum absolute atomic E-state index is 13.1. The van der Waals surface area contributed by atoms with E-state index in [9.17, 15) is 9.59 Å². The predicted octanol–water partition coefficient (Wildman–Crippen LogP) is 4.19. The highest BCUT2D eigenvalue weighted by Crippen LogP contribution is 2.32. The number of hydrogen-bond acceptors (Lipinski definition) is 6. The van der Waals surface area contributed by atoms with Crippen LogP contribution in [0.25, 0.3) is 21.3 Å². The van der Waals surface area contributed by atoms with Crippen molar-refractivity contribution in [2.24, 2.45) is 0 Å². The second-order valence-corrected chi connectivity index (χ2v) is 7.77. The molecule has 0 amide bonds. The van der Waals surface area contributed by atoms with Gasteiger partial charge in [0.25, 0.3) is 5.56 Å². The summed E-state index contributed by atoms with van der Waals surface area (Å²) in [7, 11) is 0. The molecular formula is C19H20N2O3S2. The van der Waals surface area contributed by atoms with Gasteiger partial charge >= 0.3 is 5.97 Å². The second kappa shape index (κ2) is 8.05. The van der Waals surface area contributed by atoms with Gasteiger partial charge in [-0.15, -0.1) is 11.3 Å². The molecule has 0 aliphatic rings. The van der Waals surface area contributed by atoms with Crippen molar-refractivity contribution in [3.05, 3.63) is 46.1 Å². The molecule has 2 aromatic heterocycles. The van der Waals surface area contributed by atoms with Crippen molar-refractivity contribution in [2.75, 3.05) is 5.75 Å². The number of hydrogen-bond donors (Lipinski definition) is 0. The number of thiophene rings is 1. The van der Waals surface area contributed by atoms with Crippen LogP contribution >= 0.6 is 23.1 Å². The predicted molar refractivity (Wildman–Crippen MR) is 107 cm³/mol. The zero-order valence-corrected chi connectivity index (χ0v) is 16.5. The smallest absolute Gasteiger partial charge is 0.316 e. The van der Waals surface area contributed by atoms with Crippen LogP contribution < -0.4 is 5.56 Å². The number of carbonyl (C=O) groups is 1. The molecular weight excluding hydrogens is 368 g/mol. The molecule has 0 fully saturated rings. The number of ether oxygens (including phenoxy) is 1. The fourth-order valence-corrected chi connectivity index (χ4v) is 4.48. The van der Waals surface area contributed by atoms with Crippen molar-refractivity contribution in [1.82, 2.24) is 9.55 Å². The Kier molecular flexibility index (Phi) is 5.78. The van der Waals surface area contributed by atoms with Crippen molar-refractivity contribution in [3.63, 3.8) is 0 Å². The molecule has 3 rings (SSSR count). The highest BCUT2D eigenvalue weighted by molar-refractivity contribution is 7.99. The van der Waals surface area contributed by atoms with Gasteiger partial charge in [-0.2, -0.15) is 0 Å². The lowest BCUT2D eigenvalue weighted by molar-refractivity contribution is -0.144. The van der Waals surface area contributed by atoms with E-state index in [2.05, 4.69) is 4.98 Å². The molecule has 0 aliphatic heterocycles. The summed E-state index contributed by atoms with van der Waals surface area (Å²) >= 11 is 2.69. The largest absolute Gasteiger partial charge is 0.462 e. The summed E-state index contributed by atoms with van der Waals surface area (Å²) in [4.78, 5) is 30.2. The molecule has 0 atom stereocenters. The molecule has 5 nitrogen and oxygen atoms in total. The summed E-state index contributed by atoms with van der Waals surface area (Å²) in [6, 6.07) is 9.83. The SMILES string of the molecule is CCn1c(SCC(=O)OC(C)C)nc2scc(-c3ccccc3)c2c1=O. The van der Waals surface area contributed by atoms with Crippen LogP contribution in [0, 0.1) is 0 Å². The van der Waals surface area contributed by atoms with Gasteiger partial charge in [0.1, 0.15) is 4.83 Å². The quantitative estimate of drug-likeness (QED) is 0.360. The van der Waals surface area contributed by atoms with Crippen LogP contribution in [0.3, 0.4) is 0 Å². The van der Waals surface area contributed by atoms with E-state index in [-0.39, 0.29) is 23.4 Å². The van der Waals surface area contributed by atoms with E-state index in [4.69, 9.17) is 4.74 Å². The van der Waals surface area contributed by atoms with Crippen molar-refractivity contribution in [1.29, 1.82) is 0 Å². The maximum Gasteiger partial charge on any atom is 0.316 e. The Labute approximate surface area is 160 Å². The molecule has 7 heteroatoms. The minimum Gasteiger partial charge on any atom is -0.462 e. The number of thioether (sulfide) groups is 1. The lowest BCUT2D eigenvalue weighted by Crippen LogP contribution is -2.23. The fourth-order valence-electron chi connectivity index (χ4n) is 2.65. The van der Waals surface area contributed by atoms with Crippen molar-refractivity contribution in [2.45, 2.75) is 38.6 Å². The van der Waals surface area contributed by atoms with Crippen molar-refractivity contribution >= 4 is 39.3 Å². The van der Waals surface area contributed by atoms with Crippen molar-refractivity contribution in [3.8, 4) is 11.1 Å². The van der Waals surface area contributed by atoms with Gasteiger partial charge in [0.2, 0.25) is 0 Å². The van der Waals surface area contributed by atoms with Gasteiger partial charge in [-0.05, 0) is 26.3 Å². The minimum atomic E-state index is -0.307. The van der Waals surface area contributed by atoms with E-state index in [0.717, 1.165) is 11.1 Å². The van der Waals surface area contributed by atoms with Crippen LogP contribution in [0.15, 0.2) is 45.7 Å². The van der Waals surface area contributed by atoms with E-state index in [0.29, 0.717) is 21.9 Å². The Bertz CT molecular complexity index is 978. The summed E-state index contributed by atoms with van der Waals surface area (Å²) in [5, 5.41) is 3.15. The Balaban J connectivity index is 2.00. The lowest BCUT2D eigenvalue weighted by Gasteiger charge is -2.11. The molecule has 2 heterocycles. The molecule has 0 unspecified atom stereocenters. The molecule has 0 saturated carbocycles. The highest BCUT2D eigenvalue weighted by atomic mass is 32.2. The first-order valence-corrected chi connectivity index (χ1v) is 10.3. The molecule has 0 bridgehead atoms. The molecule has 26 heavy (non-hydrogen) atoms. The van der Waals surface area contributed by atoms with E-state index < -0.39 is 0 Å². The van der Waals surface area contributed by atoms with Gasteiger partial charge in [0, 0.05) is 17.5 Å². The van der Waals surface area contributed by atoms with E-state index in [1.54, 1.807) is 4.57 Å². The summed E-state index contributed by atoms with van der Waals surface area (Å²) < 4.78 is 6.77. The van der Waals surface area contributed by atoms with Gasteiger partial charge in [0.15, 0.2) is 5.16 Å². The van der Waals surface area contributed by atoms with E-state index in [1.807, 2.05) is 56.5 Å². The average Bonchev–Trinajstić information content (AvgIpc) is 3.04. The molecule has 0 N–H and O–H groups in total. The first-order valence-electron chi connectivity index (χ1n) is 8.41. The zero-order chi connectivity index (χ0) is 18.7. The third-order valence-corrected chi connectivity index (χ3v) is 5.57. The van der Waals surface area contributed by atoms with Gasteiger partial charge in [0.05, 0.1) is 17.2 Å². The number of benzene rings is 1. The summed E-state index contributed by atoms with van der Waals surface area (Å²) in [6.07, 6.45) is -0.155. The third-order valence-electron chi connectivity index (χ3n) is 3.75. The van der Waals surface area contributed by atoms with Gasteiger partial charge < -0.3 is 4.74 Å². The first kappa shape index (κ1) is 18.7. The lowest BCUT2D eigenvalue weighted by atomic mass is 10.1. The van der Waals surface area contributed by atoms with Gasteiger partial charge in [-0.25, -0.2) is 4.98 Å². The maximum atomic E-state index is 13.1. The van der Waals surface area contributed by atoms with E-state index >= 15 is 0 Å². The topological polar surface area (TPSA) is 61.2 Å². The van der Waals surface area contributed by atoms with Gasteiger partial charge in [-0.3, -0.25) is 14.2 Å². The third kappa shape index (κ3) is 3.83. The Morgan fingerprint density at radius 2 is 2.04 bits per heavy atom. The van der Waals surface area contributed by atoms with Crippen molar-refractivity contribution < 1.29 is 9.53 Å².